The van der Waals surface area contributed by atoms with Crippen molar-refractivity contribution in [1.82, 2.24) is 0 Å². The predicted molar refractivity (Wildman–Crippen MR) is 77.9 cm³/mol. The number of nitrogens with two attached hydrogens (primary N) is 1. The zero-order chi connectivity index (χ0) is 13.3. The van der Waals surface area contributed by atoms with E-state index in [9.17, 15) is 4.79 Å². The van der Waals surface area contributed by atoms with Crippen molar-refractivity contribution in [2.45, 2.75) is 0 Å². The molecule has 2 rings (SSSR count). The van der Waals surface area contributed by atoms with E-state index in [2.05, 4.69) is 15.9 Å². The molecule has 0 spiro atoms. The Kier molecular flexibility index (Phi) is 3.58. The first kappa shape index (κ1) is 12.9. The first-order valence-electron chi connectivity index (χ1n) is 5.11. The maximum Gasteiger partial charge on any atom is 0.335 e. The van der Waals surface area contributed by atoms with Crippen LogP contribution in [0.5, 0.6) is 0 Å². The van der Waals surface area contributed by atoms with Gasteiger partial charge in [-0.15, -0.1) is 11.3 Å². The molecular weight excluding hydrogens is 316 g/mol. The third-order valence-corrected chi connectivity index (χ3v) is 4.23. The molecule has 0 aliphatic carbocycles. The van der Waals surface area contributed by atoms with Crippen LogP contribution in [0.4, 0.5) is 16.4 Å². The molecular formula is C12H11BrN2O2S. The number of halogens is 1. The zero-order valence-electron chi connectivity index (χ0n) is 9.55. The molecule has 4 nitrogen and oxygen atoms in total. The molecule has 0 atom stereocenters. The highest BCUT2D eigenvalue weighted by Gasteiger charge is 2.12. The molecule has 1 heterocycles. The molecule has 1 aromatic heterocycles. The summed E-state index contributed by atoms with van der Waals surface area (Å²) in [4.78, 5) is 12.8. The Hall–Kier alpha value is -1.53. The molecule has 0 radical (unpaired) electrons. The number of hydrogen-bond donors (Lipinski definition) is 2. The Morgan fingerprint density at radius 1 is 1.39 bits per heavy atom. The van der Waals surface area contributed by atoms with E-state index in [-0.39, 0.29) is 5.56 Å². The fraction of sp³-hybridized carbons (Fsp3) is 0.0833. The van der Waals surface area contributed by atoms with Crippen molar-refractivity contribution < 1.29 is 9.90 Å². The summed E-state index contributed by atoms with van der Waals surface area (Å²) in [5.74, 6) is -0.977. The average molecular weight is 327 g/mol. The summed E-state index contributed by atoms with van der Waals surface area (Å²) in [6.45, 7) is 0. The summed E-state index contributed by atoms with van der Waals surface area (Å²) in [7, 11) is 1.89. The molecule has 94 valence electrons. The van der Waals surface area contributed by atoms with Gasteiger partial charge in [-0.1, -0.05) is 0 Å². The van der Waals surface area contributed by atoms with Gasteiger partial charge in [-0.25, -0.2) is 4.79 Å². The van der Waals surface area contributed by atoms with Gasteiger partial charge in [0.1, 0.15) is 0 Å². The maximum absolute atomic E-state index is 10.8. The van der Waals surface area contributed by atoms with Crippen LogP contribution in [0.25, 0.3) is 0 Å². The summed E-state index contributed by atoms with van der Waals surface area (Å²) >= 11 is 4.99. The SMILES string of the molecule is CN(c1ccc(Br)s1)c1ccc(C(=O)O)cc1N. The monoisotopic (exact) mass is 326 g/mol. The fourth-order valence-corrected chi connectivity index (χ4v) is 2.93. The summed E-state index contributed by atoms with van der Waals surface area (Å²) in [5, 5.41) is 9.91. The highest BCUT2D eigenvalue weighted by atomic mass is 79.9. The Morgan fingerprint density at radius 2 is 2.11 bits per heavy atom. The Bertz CT molecular complexity index is 598. The third kappa shape index (κ3) is 2.49. The van der Waals surface area contributed by atoms with Crippen LogP contribution >= 0.6 is 27.3 Å². The van der Waals surface area contributed by atoms with Crippen molar-refractivity contribution in [3.63, 3.8) is 0 Å². The summed E-state index contributed by atoms with van der Waals surface area (Å²) < 4.78 is 1.03. The minimum Gasteiger partial charge on any atom is -0.478 e. The molecule has 0 saturated carbocycles. The number of anilines is 3. The topological polar surface area (TPSA) is 66.6 Å². The lowest BCUT2D eigenvalue weighted by molar-refractivity contribution is 0.0697. The minimum absolute atomic E-state index is 0.192. The van der Waals surface area contributed by atoms with E-state index in [1.54, 1.807) is 23.5 Å². The largest absolute Gasteiger partial charge is 0.478 e. The molecule has 0 aliphatic rings. The molecule has 0 saturated heterocycles. The molecule has 6 heteroatoms. The van der Waals surface area contributed by atoms with Crippen LogP contribution in [-0.4, -0.2) is 18.1 Å². The quantitative estimate of drug-likeness (QED) is 0.846. The lowest BCUT2D eigenvalue weighted by Gasteiger charge is -2.19. The summed E-state index contributed by atoms with van der Waals surface area (Å²) in [5.41, 5.74) is 7.32. The van der Waals surface area contributed by atoms with Crippen molar-refractivity contribution in [3.05, 3.63) is 39.7 Å². The zero-order valence-corrected chi connectivity index (χ0v) is 12.0. The number of aromatic carboxylic acids is 1. The Labute approximate surface area is 117 Å². The number of nitrogens with zero attached hydrogens (tertiary/aromatic N) is 1. The molecule has 0 unspecified atom stereocenters. The molecule has 2 aromatic rings. The highest BCUT2D eigenvalue weighted by Crippen LogP contribution is 2.36. The molecule has 3 N–H and O–H groups in total. The van der Waals surface area contributed by atoms with Gasteiger partial charge in [0.05, 0.1) is 25.7 Å². The van der Waals surface area contributed by atoms with E-state index in [0.29, 0.717) is 5.69 Å². The Balaban J connectivity index is 2.36. The van der Waals surface area contributed by atoms with Crippen molar-refractivity contribution >= 4 is 49.6 Å². The van der Waals surface area contributed by atoms with Crippen molar-refractivity contribution in [1.29, 1.82) is 0 Å². The number of thiophene rings is 1. The van der Waals surface area contributed by atoms with Crippen LogP contribution in [-0.2, 0) is 0 Å². The minimum atomic E-state index is -0.977. The second-order valence-corrected chi connectivity index (χ2v) is 6.16. The highest BCUT2D eigenvalue weighted by molar-refractivity contribution is 9.11. The van der Waals surface area contributed by atoms with Gasteiger partial charge in [0.15, 0.2) is 0 Å². The normalized spacial score (nSPS) is 10.3. The van der Waals surface area contributed by atoms with E-state index in [1.807, 2.05) is 24.1 Å². The van der Waals surface area contributed by atoms with Gasteiger partial charge in [-0.05, 0) is 46.3 Å². The lowest BCUT2D eigenvalue weighted by atomic mass is 10.1. The van der Waals surface area contributed by atoms with Crippen molar-refractivity contribution in [3.8, 4) is 0 Å². The van der Waals surface area contributed by atoms with Crippen LogP contribution in [0.1, 0.15) is 10.4 Å². The number of rotatable bonds is 3. The first-order chi connectivity index (χ1) is 8.49. The fourth-order valence-electron chi connectivity index (χ4n) is 1.60. The summed E-state index contributed by atoms with van der Waals surface area (Å²) in [6, 6.07) is 8.66. The van der Waals surface area contributed by atoms with Gasteiger partial charge in [-0.2, -0.15) is 0 Å². The standard InChI is InChI=1S/C12H11BrN2O2S/c1-15(11-5-4-10(13)18-11)9-3-2-7(12(16)17)6-8(9)14/h2-6H,14H2,1H3,(H,16,17). The van der Waals surface area contributed by atoms with E-state index in [0.717, 1.165) is 14.5 Å². The number of hydrogen-bond acceptors (Lipinski definition) is 4. The van der Waals surface area contributed by atoms with Crippen molar-refractivity contribution in [2.75, 3.05) is 17.7 Å². The van der Waals surface area contributed by atoms with Crippen LogP contribution in [0, 0.1) is 0 Å². The van der Waals surface area contributed by atoms with Gasteiger partial charge in [0.2, 0.25) is 0 Å². The van der Waals surface area contributed by atoms with Crippen LogP contribution < -0.4 is 10.6 Å². The van der Waals surface area contributed by atoms with Crippen LogP contribution in [0.15, 0.2) is 34.1 Å². The lowest BCUT2D eigenvalue weighted by Crippen LogP contribution is -2.11. The van der Waals surface area contributed by atoms with Crippen LogP contribution in [0.2, 0.25) is 0 Å². The van der Waals surface area contributed by atoms with Gasteiger partial charge >= 0.3 is 5.97 Å². The number of carboxylic acids is 1. The number of carbonyl (C=O) groups is 1. The average Bonchev–Trinajstić information content (AvgIpc) is 2.74. The second-order valence-electron chi connectivity index (χ2n) is 3.72. The first-order valence-corrected chi connectivity index (χ1v) is 6.72. The molecule has 0 fully saturated rings. The summed E-state index contributed by atoms with van der Waals surface area (Å²) in [6.07, 6.45) is 0. The Morgan fingerprint density at radius 3 is 2.61 bits per heavy atom. The van der Waals surface area contributed by atoms with E-state index >= 15 is 0 Å². The molecule has 1 aromatic carbocycles. The van der Waals surface area contributed by atoms with E-state index < -0.39 is 5.97 Å². The van der Waals surface area contributed by atoms with E-state index in [4.69, 9.17) is 10.8 Å². The van der Waals surface area contributed by atoms with Gasteiger partial charge in [-0.3, -0.25) is 0 Å². The third-order valence-electron chi connectivity index (χ3n) is 2.53. The predicted octanol–water partition coefficient (Wildman–Crippen LogP) is 3.56. The van der Waals surface area contributed by atoms with Gasteiger partial charge in [0, 0.05) is 7.05 Å². The molecule has 0 aliphatic heterocycles. The molecule has 0 bridgehead atoms. The molecule has 0 amide bonds. The van der Waals surface area contributed by atoms with E-state index in [1.165, 1.54) is 6.07 Å². The molecule has 18 heavy (non-hydrogen) atoms. The van der Waals surface area contributed by atoms with Crippen LogP contribution in [0.3, 0.4) is 0 Å². The van der Waals surface area contributed by atoms with Crippen molar-refractivity contribution in [2.24, 2.45) is 0 Å². The maximum atomic E-state index is 10.8. The van der Waals surface area contributed by atoms with Gasteiger partial charge in [0.25, 0.3) is 0 Å². The van der Waals surface area contributed by atoms with Gasteiger partial charge < -0.3 is 15.7 Å². The number of nitrogen functional groups attached to an aromatic ring is 1. The number of carboxylic acid groups (broad SMARTS) is 1. The smallest absolute Gasteiger partial charge is 0.335 e. The second kappa shape index (κ2) is 4.99. The number of benzene rings is 1.